The van der Waals surface area contributed by atoms with Gasteiger partial charge in [0.15, 0.2) is 5.96 Å². The Morgan fingerprint density at radius 1 is 1.25 bits per heavy atom. The van der Waals surface area contributed by atoms with Crippen LogP contribution in [0.5, 0.6) is 0 Å². The minimum absolute atomic E-state index is 0. The van der Waals surface area contributed by atoms with E-state index in [-0.39, 0.29) is 24.0 Å². The Kier molecular flexibility index (Phi) is 10.4. The van der Waals surface area contributed by atoms with Crippen molar-refractivity contribution in [2.45, 2.75) is 33.7 Å². The van der Waals surface area contributed by atoms with Crippen LogP contribution in [0.3, 0.4) is 0 Å². The largest absolute Gasteiger partial charge is 0.466 e. The van der Waals surface area contributed by atoms with E-state index in [1.807, 2.05) is 13.8 Å². The Balaban J connectivity index is 0.00000288. The zero-order chi connectivity index (χ0) is 16.5. The fourth-order valence-corrected chi connectivity index (χ4v) is 2.68. The average molecular weight is 450 g/mol. The number of nitrogens with one attached hydrogen (secondary N) is 2. The van der Waals surface area contributed by atoms with Gasteiger partial charge >= 0.3 is 0 Å². The molecule has 0 atom stereocenters. The summed E-state index contributed by atoms with van der Waals surface area (Å²) in [6, 6.07) is 2.06. The Bertz CT molecular complexity index is 499. The molecule has 0 saturated carbocycles. The van der Waals surface area contributed by atoms with Crippen molar-refractivity contribution < 1.29 is 9.15 Å². The Morgan fingerprint density at radius 3 is 2.62 bits per heavy atom. The molecule has 1 aliphatic rings. The molecule has 1 fully saturated rings. The molecule has 0 bridgehead atoms. The van der Waals surface area contributed by atoms with Crippen LogP contribution in [0.15, 0.2) is 15.5 Å². The number of nitrogens with zero attached hydrogens (tertiary/aromatic N) is 2. The van der Waals surface area contributed by atoms with Crippen molar-refractivity contribution in [3.8, 4) is 0 Å². The molecule has 6 nitrogen and oxygen atoms in total. The van der Waals surface area contributed by atoms with Crippen molar-refractivity contribution in [3.05, 3.63) is 23.2 Å². The van der Waals surface area contributed by atoms with Crippen LogP contribution in [0, 0.1) is 13.8 Å². The maximum Gasteiger partial charge on any atom is 0.191 e. The summed E-state index contributed by atoms with van der Waals surface area (Å²) in [5.74, 6) is 2.76. The van der Waals surface area contributed by atoms with Gasteiger partial charge in [0.05, 0.1) is 19.8 Å². The first-order valence-corrected chi connectivity index (χ1v) is 8.57. The van der Waals surface area contributed by atoms with E-state index in [4.69, 9.17) is 9.15 Å². The van der Waals surface area contributed by atoms with Crippen LogP contribution in [0.1, 0.15) is 30.4 Å². The standard InChI is InChI=1S/C17H30N4O2.HI/c1-4-18-17(20-13-16-12-14(2)23-15(16)3)19-6-5-7-21-8-10-22-11-9-21;/h12H,4-11,13H2,1-3H3,(H2,18,19,20);1H. The summed E-state index contributed by atoms with van der Waals surface area (Å²) >= 11 is 0. The number of aliphatic imine (C=N–C) groups is 1. The lowest BCUT2D eigenvalue weighted by atomic mass is 10.2. The number of rotatable bonds is 7. The zero-order valence-electron chi connectivity index (χ0n) is 15.1. The van der Waals surface area contributed by atoms with Gasteiger partial charge in [0.2, 0.25) is 0 Å². The van der Waals surface area contributed by atoms with E-state index >= 15 is 0 Å². The first kappa shape index (κ1) is 21.2. The summed E-state index contributed by atoms with van der Waals surface area (Å²) in [5, 5.41) is 6.70. The lowest BCUT2D eigenvalue weighted by Gasteiger charge is -2.26. The van der Waals surface area contributed by atoms with E-state index in [1.165, 1.54) is 0 Å². The Morgan fingerprint density at radius 2 is 2.00 bits per heavy atom. The van der Waals surface area contributed by atoms with E-state index in [0.29, 0.717) is 6.54 Å². The van der Waals surface area contributed by atoms with Crippen LogP contribution < -0.4 is 10.6 Å². The molecule has 0 unspecified atom stereocenters. The van der Waals surface area contributed by atoms with Crippen LogP contribution in [-0.2, 0) is 11.3 Å². The molecule has 24 heavy (non-hydrogen) atoms. The van der Waals surface area contributed by atoms with Crippen molar-refractivity contribution in [3.63, 3.8) is 0 Å². The second-order valence-corrected chi connectivity index (χ2v) is 5.87. The fourth-order valence-electron chi connectivity index (χ4n) is 2.68. The van der Waals surface area contributed by atoms with Crippen LogP contribution in [0.25, 0.3) is 0 Å². The summed E-state index contributed by atoms with van der Waals surface area (Å²) in [5.41, 5.74) is 1.15. The molecule has 0 spiro atoms. The van der Waals surface area contributed by atoms with Crippen LogP contribution in [-0.4, -0.2) is 56.8 Å². The predicted molar refractivity (Wildman–Crippen MR) is 108 cm³/mol. The molecule has 1 saturated heterocycles. The molecule has 1 aromatic rings. The summed E-state index contributed by atoms with van der Waals surface area (Å²) in [6.45, 7) is 13.4. The molecule has 0 amide bonds. The molecular weight excluding hydrogens is 419 g/mol. The fraction of sp³-hybridized carbons (Fsp3) is 0.706. The van der Waals surface area contributed by atoms with Gasteiger partial charge in [-0.05, 0) is 39.8 Å². The molecule has 2 N–H and O–H groups in total. The van der Waals surface area contributed by atoms with Crippen LogP contribution >= 0.6 is 24.0 Å². The van der Waals surface area contributed by atoms with E-state index in [1.54, 1.807) is 0 Å². The van der Waals surface area contributed by atoms with E-state index in [2.05, 4.69) is 33.5 Å². The Hall–Kier alpha value is -0.800. The summed E-state index contributed by atoms with van der Waals surface area (Å²) in [4.78, 5) is 7.09. The topological polar surface area (TPSA) is 62.0 Å². The number of morpholine rings is 1. The van der Waals surface area contributed by atoms with E-state index < -0.39 is 0 Å². The van der Waals surface area contributed by atoms with Gasteiger partial charge in [0.1, 0.15) is 11.5 Å². The highest BCUT2D eigenvalue weighted by Crippen LogP contribution is 2.14. The van der Waals surface area contributed by atoms with Gasteiger partial charge in [0.25, 0.3) is 0 Å². The number of guanidine groups is 1. The number of hydrogen-bond donors (Lipinski definition) is 2. The lowest BCUT2D eigenvalue weighted by molar-refractivity contribution is 0.0376. The molecule has 0 radical (unpaired) electrons. The number of halogens is 1. The maximum atomic E-state index is 5.55. The van der Waals surface area contributed by atoms with E-state index in [0.717, 1.165) is 75.4 Å². The van der Waals surface area contributed by atoms with Crippen molar-refractivity contribution in [1.82, 2.24) is 15.5 Å². The minimum atomic E-state index is 0. The summed E-state index contributed by atoms with van der Waals surface area (Å²) in [7, 11) is 0. The second-order valence-electron chi connectivity index (χ2n) is 5.87. The molecule has 7 heteroatoms. The predicted octanol–water partition coefficient (Wildman–Crippen LogP) is 2.29. The molecule has 0 aromatic carbocycles. The third kappa shape index (κ3) is 7.40. The molecule has 2 heterocycles. The van der Waals surface area contributed by atoms with Gasteiger partial charge < -0.3 is 19.8 Å². The number of furan rings is 1. The number of hydrogen-bond acceptors (Lipinski definition) is 4. The van der Waals surface area contributed by atoms with E-state index in [9.17, 15) is 0 Å². The van der Waals surface area contributed by atoms with Crippen molar-refractivity contribution >= 4 is 29.9 Å². The SMILES string of the molecule is CCNC(=NCc1cc(C)oc1C)NCCCN1CCOCC1.I. The molecule has 2 rings (SSSR count). The smallest absolute Gasteiger partial charge is 0.191 e. The highest BCUT2D eigenvalue weighted by molar-refractivity contribution is 14.0. The zero-order valence-corrected chi connectivity index (χ0v) is 17.4. The van der Waals surface area contributed by atoms with Crippen LogP contribution in [0.4, 0.5) is 0 Å². The highest BCUT2D eigenvalue weighted by Gasteiger charge is 2.09. The summed E-state index contributed by atoms with van der Waals surface area (Å²) in [6.07, 6.45) is 1.11. The number of aryl methyl sites for hydroxylation is 2. The maximum absolute atomic E-state index is 5.55. The lowest BCUT2D eigenvalue weighted by Crippen LogP contribution is -2.40. The Labute approximate surface area is 162 Å². The normalized spacial score (nSPS) is 15.9. The van der Waals surface area contributed by atoms with Crippen molar-refractivity contribution in [1.29, 1.82) is 0 Å². The van der Waals surface area contributed by atoms with Gasteiger partial charge in [-0.25, -0.2) is 4.99 Å². The molecule has 1 aliphatic heterocycles. The second kappa shape index (κ2) is 11.7. The third-order valence-electron chi connectivity index (χ3n) is 3.94. The monoisotopic (exact) mass is 450 g/mol. The molecule has 138 valence electrons. The van der Waals surface area contributed by atoms with Gasteiger partial charge in [-0.2, -0.15) is 0 Å². The van der Waals surface area contributed by atoms with Gasteiger partial charge in [-0.1, -0.05) is 0 Å². The first-order valence-electron chi connectivity index (χ1n) is 8.57. The minimum Gasteiger partial charge on any atom is -0.466 e. The van der Waals surface area contributed by atoms with Crippen molar-refractivity contribution in [2.24, 2.45) is 4.99 Å². The summed E-state index contributed by atoms with van der Waals surface area (Å²) < 4.78 is 10.9. The molecule has 0 aliphatic carbocycles. The third-order valence-corrected chi connectivity index (χ3v) is 3.94. The number of ether oxygens (including phenoxy) is 1. The highest BCUT2D eigenvalue weighted by atomic mass is 127. The average Bonchev–Trinajstić information content (AvgIpc) is 2.87. The van der Waals surface area contributed by atoms with Crippen LogP contribution in [0.2, 0.25) is 0 Å². The van der Waals surface area contributed by atoms with Gasteiger partial charge in [0, 0.05) is 31.7 Å². The molecular formula is C17H31IN4O2. The quantitative estimate of drug-likeness (QED) is 0.289. The van der Waals surface area contributed by atoms with Crippen molar-refractivity contribution in [2.75, 3.05) is 45.9 Å². The van der Waals surface area contributed by atoms with Gasteiger partial charge in [-0.3, -0.25) is 4.90 Å². The van der Waals surface area contributed by atoms with Gasteiger partial charge in [-0.15, -0.1) is 24.0 Å². The first-order chi connectivity index (χ1) is 11.2. The molecule has 1 aromatic heterocycles.